The monoisotopic (exact) mass is 462 g/mol. The van der Waals surface area contributed by atoms with Crippen molar-refractivity contribution in [2.75, 3.05) is 23.4 Å². The molecule has 2 aromatic carbocycles. The third-order valence-corrected chi connectivity index (χ3v) is 5.95. The lowest BCUT2D eigenvalue weighted by atomic mass is 10.1. The van der Waals surface area contributed by atoms with E-state index in [0.717, 1.165) is 12.0 Å². The summed E-state index contributed by atoms with van der Waals surface area (Å²) in [4.78, 5) is 57.7. The minimum atomic E-state index is -0.557. The molecule has 2 aliphatic heterocycles. The van der Waals surface area contributed by atoms with Gasteiger partial charge in [-0.3, -0.25) is 19.2 Å². The first-order valence-corrected chi connectivity index (χ1v) is 10.8. The topological polar surface area (TPSA) is 160 Å². The highest BCUT2D eigenvalue weighted by atomic mass is 16.5. The van der Waals surface area contributed by atoms with Gasteiger partial charge in [0.15, 0.2) is 12.4 Å². The van der Waals surface area contributed by atoms with Crippen molar-refractivity contribution in [2.45, 2.75) is 25.4 Å². The molecular formula is C23H22N6O5. The summed E-state index contributed by atoms with van der Waals surface area (Å²) in [6.45, 7) is 0.714. The Labute approximate surface area is 193 Å². The van der Waals surface area contributed by atoms with Crippen molar-refractivity contribution in [3.8, 4) is 5.75 Å². The number of nitrogens with one attached hydrogen (secondary N) is 3. The molecule has 11 nitrogen and oxygen atoms in total. The molecule has 0 saturated carbocycles. The normalized spacial score (nSPS) is 17.1. The maximum absolute atomic E-state index is 13.0. The SMILES string of the molecule is NC(=O)[C@@H]1CCCN1c1cccc2nc(C(=O)NCc3ccc4c(c3)NC(=O)CO4)[nH]c(=O)c12. The zero-order chi connectivity index (χ0) is 23.8. The van der Waals surface area contributed by atoms with Gasteiger partial charge in [0.05, 0.1) is 22.3 Å². The van der Waals surface area contributed by atoms with E-state index in [0.29, 0.717) is 41.0 Å². The van der Waals surface area contributed by atoms with E-state index in [9.17, 15) is 19.2 Å². The molecule has 0 radical (unpaired) electrons. The maximum Gasteiger partial charge on any atom is 0.287 e. The summed E-state index contributed by atoms with van der Waals surface area (Å²) in [5.74, 6) is -0.816. The van der Waals surface area contributed by atoms with Crippen LogP contribution in [-0.2, 0) is 16.1 Å². The number of aromatic nitrogens is 2. The van der Waals surface area contributed by atoms with Crippen LogP contribution in [0.3, 0.4) is 0 Å². The van der Waals surface area contributed by atoms with Crippen molar-refractivity contribution in [2.24, 2.45) is 5.73 Å². The van der Waals surface area contributed by atoms with Crippen molar-refractivity contribution in [1.82, 2.24) is 15.3 Å². The summed E-state index contributed by atoms with van der Waals surface area (Å²) in [5.41, 5.74) is 7.23. The van der Waals surface area contributed by atoms with Crippen LogP contribution >= 0.6 is 0 Å². The molecule has 5 rings (SSSR count). The van der Waals surface area contributed by atoms with Gasteiger partial charge in [0.2, 0.25) is 5.91 Å². The minimum absolute atomic E-state index is 0.0350. The predicted octanol–water partition coefficient (Wildman–Crippen LogP) is 0.638. The molecule has 0 bridgehead atoms. The first-order chi connectivity index (χ1) is 16.4. The molecule has 174 valence electrons. The summed E-state index contributed by atoms with van der Waals surface area (Å²) in [5, 5.41) is 5.74. The number of ether oxygens (including phenoxy) is 1. The molecule has 34 heavy (non-hydrogen) atoms. The number of fused-ring (bicyclic) bond motifs is 2. The van der Waals surface area contributed by atoms with E-state index in [1.807, 2.05) is 4.90 Å². The molecule has 3 heterocycles. The van der Waals surface area contributed by atoms with Gasteiger partial charge >= 0.3 is 0 Å². The number of carbonyl (C=O) groups is 3. The first kappa shape index (κ1) is 21.4. The number of hydrogen-bond donors (Lipinski definition) is 4. The standard InChI is InChI=1S/C23H22N6O5/c24-20(31)16-5-2-8-29(16)15-4-1-3-13-19(15)22(32)28-21(27-13)23(33)25-10-12-6-7-17-14(9-12)26-18(30)11-34-17/h1,3-4,6-7,9,16H,2,5,8,10-11H2,(H2,24,31)(H,25,33)(H,26,30)(H,27,28,32)/t16-/m0/s1. The highest BCUT2D eigenvalue weighted by Gasteiger charge is 2.31. The van der Waals surface area contributed by atoms with Crippen LogP contribution in [-0.4, -0.2) is 46.9 Å². The van der Waals surface area contributed by atoms with E-state index in [4.69, 9.17) is 10.5 Å². The third-order valence-electron chi connectivity index (χ3n) is 5.95. The number of H-pyrrole nitrogens is 1. The van der Waals surface area contributed by atoms with E-state index in [1.165, 1.54) is 0 Å². The van der Waals surface area contributed by atoms with Crippen molar-refractivity contribution >= 4 is 40.0 Å². The second-order valence-corrected chi connectivity index (χ2v) is 8.19. The Morgan fingerprint density at radius 3 is 2.91 bits per heavy atom. The molecule has 0 unspecified atom stereocenters. The Kier molecular flexibility index (Phi) is 5.36. The van der Waals surface area contributed by atoms with Gasteiger partial charge < -0.3 is 31.0 Å². The Morgan fingerprint density at radius 1 is 1.24 bits per heavy atom. The fourth-order valence-electron chi connectivity index (χ4n) is 4.38. The predicted molar refractivity (Wildman–Crippen MR) is 124 cm³/mol. The second kappa shape index (κ2) is 8.50. The average Bonchev–Trinajstić information content (AvgIpc) is 3.32. The quantitative estimate of drug-likeness (QED) is 0.433. The van der Waals surface area contributed by atoms with E-state index in [1.54, 1.807) is 36.4 Å². The van der Waals surface area contributed by atoms with Crippen LogP contribution < -0.4 is 31.6 Å². The third kappa shape index (κ3) is 3.91. The van der Waals surface area contributed by atoms with Gasteiger partial charge in [-0.1, -0.05) is 12.1 Å². The van der Waals surface area contributed by atoms with Gasteiger partial charge in [0.1, 0.15) is 11.8 Å². The Hall–Kier alpha value is -4.41. The molecular weight excluding hydrogens is 440 g/mol. The molecule has 1 atom stereocenters. The number of rotatable bonds is 5. The van der Waals surface area contributed by atoms with Crippen molar-refractivity contribution in [3.63, 3.8) is 0 Å². The van der Waals surface area contributed by atoms with Gasteiger partial charge in [-0.15, -0.1) is 0 Å². The fraction of sp³-hybridized carbons (Fsp3) is 0.261. The molecule has 1 aromatic heterocycles. The lowest BCUT2D eigenvalue weighted by molar-refractivity contribution is -0.119. The number of primary amides is 1. The van der Waals surface area contributed by atoms with Crippen LogP contribution in [0.15, 0.2) is 41.2 Å². The van der Waals surface area contributed by atoms with Crippen molar-refractivity contribution in [1.29, 1.82) is 0 Å². The molecule has 0 spiro atoms. The molecule has 1 saturated heterocycles. The smallest absolute Gasteiger partial charge is 0.287 e. The second-order valence-electron chi connectivity index (χ2n) is 8.19. The Morgan fingerprint density at radius 2 is 2.09 bits per heavy atom. The first-order valence-electron chi connectivity index (χ1n) is 10.8. The molecule has 1 fully saturated rings. The maximum atomic E-state index is 13.0. The van der Waals surface area contributed by atoms with Crippen LogP contribution in [0.5, 0.6) is 5.75 Å². The van der Waals surface area contributed by atoms with Gasteiger partial charge in [-0.25, -0.2) is 4.98 Å². The molecule has 3 amide bonds. The zero-order valence-corrected chi connectivity index (χ0v) is 18.1. The number of carbonyl (C=O) groups excluding carboxylic acids is 3. The average molecular weight is 462 g/mol. The summed E-state index contributed by atoms with van der Waals surface area (Å²) in [6.07, 6.45) is 1.41. The number of nitrogens with zero attached hydrogens (tertiary/aromatic N) is 2. The van der Waals surface area contributed by atoms with Gasteiger partial charge in [-0.05, 0) is 42.7 Å². The van der Waals surface area contributed by atoms with Crippen molar-refractivity contribution in [3.05, 3.63) is 58.1 Å². The summed E-state index contributed by atoms with van der Waals surface area (Å²) in [7, 11) is 0. The van der Waals surface area contributed by atoms with Crippen LogP contribution in [0.2, 0.25) is 0 Å². The van der Waals surface area contributed by atoms with E-state index >= 15 is 0 Å². The summed E-state index contributed by atoms with van der Waals surface area (Å²) < 4.78 is 5.33. The number of anilines is 2. The van der Waals surface area contributed by atoms with E-state index in [-0.39, 0.29) is 24.9 Å². The largest absolute Gasteiger partial charge is 0.482 e. The van der Waals surface area contributed by atoms with Gasteiger partial charge in [0, 0.05) is 13.1 Å². The highest BCUT2D eigenvalue weighted by molar-refractivity contribution is 5.98. The van der Waals surface area contributed by atoms with Crippen LogP contribution in [0, 0.1) is 0 Å². The Bertz CT molecular complexity index is 1380. The van der Waals surface area contributed by atoms with E-state index in [2.05, 4.69) is 20.6 Å². The Balaban J connectivity index is 1.38. The molecule has 3 aromatic rings. The van der Waals surface area contributed by atoms with E-state index < -0.39 is 23.4 Å². The van der Waals surface area contributed by atoms with Gasteiger partial charge in [-0.2, -0.15) is 0 Å². The van der Waals surface area contributed by atoms with Crippen LogP contribution in [0.25, 0.3) is 10.9 Å². The summed E-state index contributed by atoms with van der Waals surface area (Å²) >= 11 is 0. The number of hydrogen-bond acceptors (Lipinski definition) is 7. The number of nitrogens with two attached hydrogens (primary N) is 1. The number of amides is 3. The number of benzene rings is 2. The van der Waals surface area contributed by atoms with Crippen LogP contribution in [0.4, 0.5) is 11.4 Å². The zero-order valence-electron chi connectivity index (χ0n) is 18.1. The number of aromatic amines is 1. The van der Waals surface area contributed by atoms with Crippen LogP contribution in [0.1, 0.15) is 29.0 Å². The lowest BCUT2D eigenvalue weighted by Gasteiger charge is -2.25. The molecule has 11 heteroatoms. The van der Waals surface area contributed by atoms with Crippen molar-refractivity contribution < 1.29 is 19.1 Å². The van der Waals surface area contributed by atoms with Gasteiger partial charge in [0.25, 0.3) is 17.4 Å². The molecule has 0 aliphatic carbocycles. The molecule has 2 aliphatic rings. The summed E-state index contributed by atoms with van der Waals surface area (Å²) in [6, 6.07) is 9.83. The minimum Gasteiger partial charge on any atom is -0.482 e. The lowest BCUT2D eigenvalue weighted by Crippen LogP contribution is -2.40. The highest BCUT2D eigenvalue weighted by Crippen LogP contribution is 2.30. The fourth-order valence-corrected chi connectivity index (χ4v) is 4.38. The molecule has 5 N–H and O–H groups in total.